The van der Waals surface area contributed by atoms with Gasteiger partial charge in [0, 0.05) is 24.2 Å². The number of carbonyl (C=O) groups excluding carboxylic acids is 1. The molecule has 30 heavy (non-hydrogen) atoms. The van der Waals surface area contributed by atoms with Gasteiger partial charge in [0.2, 0.25) is 5.91 Å². The van der Waals surface area contributed by atoms with Crippen LogP contribution in [0.2, 0.25) is 0 Å². The maximum atomic E-state index is 12.4. The van der Waals surface area contributed by atoms with Crippen molar-refractivity contribution in [2.45, 2.75) is 32.2 Å². The molecule has 1 aromatic heterocycles. The number of phenols is 1. The lowest BCUT2D eigenvalue weighted by Gasteiger charge is -2.18. The second-order valence-electron chi connectivity index (χ2n) is 6.91. The SMILES string of the molecule is CCCCC(=O)N[C@@H](/C=C/c1ccccc1)c1cc([N+](=O)[O-])c2cccnc2c1O. The van der Waals surface area contributed by atoms with Crippen molar-refractivity contribution >= 4 is 28.6 Å². The zero-order chi connectivity index (χ0) is 21.5. The van der Waals surface area contributed by atoms with Crippen molar-refractivity contribution in [1.29, 1.82) is 0 Å². The molecule has 0 fully saturated rings. The Balaban J connectivity index is 2.08. The van der Waals surface area contributed by atoms with Crippen molar-refractivity contribution in [3.8, 4) is 5.75 Å². The third-order valence-electron chi connectivity index (χ3n) is 4.76. The first-order chi connectivity index (χ1) is 14.5. The van der Waals surface area contributed by atoms with Gasteiger partial charge in [0.15, 0.2) is 0 Å². The fourth-order valence-corrected chi connectivity index (χ4v) is 3.20. The Morgan fingerprint density at radius 3 is 2.73 bits per heavy atom. The Bertz CT molecular complexity index is 1080. The molecule has 0 radical (unpaired) electrons. The second kappa shape index (κ2) is 9.65. The summed E-state index contributed by atoms with van der Waals surface area (Å²) in [6, 6.07) is 13.1. The molecule has 1 amide bonds. The number of nitro groups is 1. The lowest BCUT2D eigenvalue weighted by atomic mass is 9.99. The number of benzene rings is 2. The van der Waals surface area contributed by atoms with Crippen LogP contribution in [0.1, 0.15) is 43.4 Å². The van der Waals surface area contributed by atoms with E-state index in [1.54, 1.807) is 24.3 Å². The minimum Gasteiger partial charge on any atom is -0.505 e. The molecular weight excluding hydrogens is 382 g/mol. The van der Waals surface area contributed by atoms with Crippen LogP contribution in [0.3, 0.4) is 0 Å². The van der Waals surface area contributed by atoms with Crippen LogP contribution in [0.25, 0.3) is 17.0 Å². The maximum Gasteiger partial charge on any atom is 0.279 e. The molecule has 2 N–H and O–H groups in total. The maximum absolute atomic E-state index is 12.4. The number of pyridine rings is 1. The van der Waals surface area contributed by atoms with E-state index in [1.807, 2.05) is 37.3 Å². The highest BCUT2D eigenvalue weighted by atomic mass is 16.6. The lowest BCUT2D eigenvalue weighted by Crippen LogP contribution is -2.27. The molecular formula is C23H23N3O4. The van der Waals surface area contributed by atoms with E-state index in [1.165, 1.54) is 12.3 Å². The van der Waals surface area contributed by atoms with Crippen LogP contribution in [0, 0.1) is 10.1 Å². The highest BCUT2D eigenvalue weighted by Crippen LogP contribution is 2.38. The zero-order valence-electron chi connectivity index (χ0n) is 16.6. The number of nitrogens with one attached hydrogen (secondary N) is 1. The van der Waals surface area contributed by atoms with Crippen LogP contribution in [0.15, 0.2) is 60.8 Å². The van der Waals surface area contributed by atoms with Gasteiger partial charge in [-0.1, -0.05) is 55.8 Å². The molecule has 2 aromatic carbocycles. The Kier molecular flexibility index (Phi) is 6.75. The summed E-state index contributed by atoms with van der Waals surface area (Å²) in [5, 5.41) is 25.6. The number of rotatable bonds is 8. The van der Waals surface area contributed by atoms with Crippen molar-refractivity contribution in [1.82, 2.24) is 10.3 Å². The van der Waals surface area contributed by atoms with Gasteiger partial charge in [0.1, 0.15) is 11.3 Å². The molecule has 0 aliphatic rings. The van der Waals surface area contributed by atoms with Crippen LogP contribution in [0.5, 0.6) is 5.75 Å². The molecule has 0 bridgehead atoms. The summed E-state index contributed by atoms with van der Waals surface area (Å²) in [4.78, 5) is 27.7. The van der Waals surface area contributed by atoms with E-state index in [4.69, 9.17) is 0 Å². The molecule has 0 unspecified atom stereocenters. The molecule has 154 valence electrons. The number of nitro benzene ring substituents is 1. The lowest BCUT2D eigenvalue weighted by molar-refractivity contribution is -0.383. The van der Waals surface area contributed by atoms with E-state index >= 15 is 0 Å². The predicted molar refractivity (Wildman–Crippen MR) is 116 cm³/mol. The fraction of sp³-hybridized carbons (Fsp3) is 0.217. The first kappa shape index (κ1) is 21.0. The number of hydrogen-bond acceptors (Lipinski definition) is 5. The number of nitrogens with zero attached hydrogens (tertiary/aromatic N) is 2. The summed E-state index contributed by atoms with van der Waals surface area (Å²) in [5.41, 5.74) is 1.08. The third kappa shape index (κ3) is 4.81. The quantitative estimate of drug-likeness (QED) is 0.409. The minimum atomic E-state index is -0.750. The van der Waals surface area contributed by atoms with E-state index in [0.717, 1.165) is 18.4 Å². The number of amides is 1. The fourth-order valence-electron chi connectivity index (χ4n) is 3.20. The predicted octanol–water partition coefficient (Wildman–Crippen LogP) is 4.91. The van der Waals surface area contributed by atoms with Gasteiger partial charge in [-0.25, -0.2) is 0 Å². The Hall–Kier alpha value is -3.74. The Labute approximate surface area is 174 Å². The van der Waals surface area contributed by atoms with Gasteiger partial charge in [-0.3, -0.25) is 19.9 Å². The first-order valence-electron chi connectivity index (χ1n) is 9.79. The number of fused-ring (bicyclic) bond motifs is 1. The molecule has 0 saturated carbocycles. The normalized spacial score (nSPS) is 12.2. The summed E-state index contributed by atoms with van der Waals surface area (Å²) in [7, 11) is 0. The van der Waals surface area contributed by atoms with Gasteiger partial charge in [-0.15, -0.1) is 0 Å². The second-order valence-corrected chi connectivity index (χ2v) is 6.91. The number of aromatic nitrogens is 1. The van der Waals surface area contributed by atoms with Gasteiger partial charge in [-0.2, -0.15) is 0 Å². The monoisotopic (exact) mass is 405 g/mol. The summed E-state index contributed by atoms with van der Waals surface area (Å²) >= 11 is 0. The van der Waals surface area contributed by atoms with E-state index < -0.39 is 11.0 Å². The van der Waals surface area contributed by atoms with E-state index in [2.05, 4.69) is 10.3 Å². The van der Waals surface area contributed by atoms with Crippen molar-refractivity contribution in [3.63, 3.8) is 0 Å². The third-order valence-corrected chi connectivity index (χ3v) is 4.76. The Morgan fingerprint density at radius 2 is 2.03 bits per heavy atom. The minimum absolute atomic E-state index is 0.127. The highest BCUT2D eigenvalue weighted by molar-refractivity contribution is 5.93. The van der Waals surface area contributed by atoms with Gasteiger partial charge >= 0.3 is 0 Å². The molecule has 7 nitrogen and oxygen atoms in total. The first-order valence-corrected chi connectivity index (χ1v) is 9.79. The number of carbonyl (C=O) groups is 1. The molecule has 1 atom stereocenters. The van der Waals surface area contributed by atoms with Crippen LogP contribution in [-0.4, -0.2) is 20.9 Å². The van der Waals surface area contributed by atoms with Crippen LogP contribution < -0.4 is 5.32 Å². The molecule has 0 aliphatic carbocycles. The van der Waals surface area contributed by atoms with E-state index in [9.17, 15) is 20.0 Å². The van der Waals surface area contributed by atoms with Gasteiger partial charge in [-0.05, 0) is 24.1 Å². The number of unbranched alkanes of at least 4 members (excludes halogenated alkanes) is 1. The van der Waals surface area contributed by atoms with Gasteiger partial charge in [0.25, 0.3) is 5.69 Å². The van der Waals surface area contributed by atoms with Gasteiger partial charge in [0.05, 0.1) is 16.4 Å². The van der Waals surface area contributed by atoms with Crippen LogP contribution in [-0.2, 0) is 4.79 Å². The topological polar surface area (TPSA) is 105 Å². The van der Waals surface area contributed by atoms with E-state index in [0.29, 0.717) is 6.42 Å². The molecule has 3 rings (SSSR count). The molecule has 1 heterocycles. The number of phenolic OH excluding ortho intramolecular Hbond substituents is 1. The zero-order valence-corrected chi connectivity index (χ0v) is 16.6. The number of hydrogen-bond donors (Lipinski definition) is 2. The van der Waals surface area contributed by atoms with Crippen LogP contribution >= 0.6 is 0 Å². The summed E-state index contributed by atoms with van der Waals surface area (Å²) < 4.78 is 0. The summed E-state index contributed by atoms with van der Waals surface area (Å²) in [6.07, 6.45) is 6.91. The summed E-state index contributed by atoms with van der Waals surface area (Å²) in [5.74, 6) is -0.377. The van der Waals surface area contributed by atoms with Crippen molar-refractivity contribution in [2.24, 2.45) is 0 Å². The molecule has 3 aromatic rings. The van der Waals surface area contributed by atoms with Gasteiger partial charge < -0.3 is 10.4 Å². The molecule has 0 aliphatic heterocycles. The molecule has 7 heteroatoms. The average molecular weight is 405 g/mol. The van der Waals surface area contributed by atoms with Crippen molar-refractivity contribution in [3.05, 3.63) is 82.0 Å². The van der Waals surface area contributed by atoms with Crippen LogP contribution in [0.4, 0.5) is 5.69 Å². The van der Waals surface area contributed by atoms with E-state index in [-0.39, 0.29) is 33.8 Å². The average Bonchev–Trinajstić information content (AvgIpc) is 2.76. The number of aromatic hydroxyl groups is 1. The molecule has 0 spiro atoms. The largest absolute Gasteiger partial charge is 0.505 e. The highest BCUT2D eigenvalue weighted by Gasteiger charge is 2.24. The summed E-state index contributed by atoms with van der Waals surface area (Å²) in [6.45, 7) is 1.99. The number of non-ortho nitro benzene ring substituents is 1. The standard InChI is InChI=1S/C23H23N3O4/c1-2-3-11-21(27)25-19(13-12-16-8-5-4-6-9-16)18-15-20(26(29)30)17-10-7-14-24-22(17)23(18)28/h4-10,12-15,19,28H,2-3,11H2,1H3,(H,25,27)/b13-12+/t19-/m0/s1. The smallest absolute Gasteiger partial charge is 0.279 e. The Morgan fingerprint density at radius 1 is 1.27 bits per heavy atom. The molecule has 0 saturated heterocycles. The van der Waals surface area contributed by atoms with Crippen molar-refractivity contribution < 1.29 is 14.8 Å². The van der Waals surface area contributed by atoms with Crippen molar-refractivity contribution in [2.75, 3.05) is 0 Å².